The van der Waals surface area contributed by atoms with Gasteiger partial charge in [0, 0.05) is 18.3 Å². The summed E-state index contributed by atoms with van der Waals surface area (Å²) in [4.78, 5) is 27.2. The highest BCUT2D eigenvalue weighted by atomic mass is 19.1. The molecule has 0 heterocycles. The number of carbonyl (C=O) groups excluding carboxylic acids is 2. The number of benzene rings is 2. The number of quaternary nitrogens is 1. The molecule has 0 fully saturated rings. The van der Waals surface area contributed by atoms with Gasteiger partial charge in [-0.15, -0.1) is 0 Å². The topological polar surface area (TPSA) is 53.9 Å². The van der Waals surface area contributed by atoms with E-state index in [1.807, 2.05) is 51.2 Å². The molecule has 5 nitrogen and oxygen atoms in total. The van der Waals surface area contributed by atoms with Crippen molar-refractivity contribution in [1.29, 1.82) is 0 Å². The van der Waals surface area contributed by atoms with Crippen molar-refractivity contribution in [3.05, 3.63) is 65.5 Å². The first-order valence-corrected chi connectivity index (χ1v) is 8.94. The van der Waals surface area contributed by atoms with Gasteiger partial charge in [0.15, 0.2) is 6.04 Å². The van der Waals surface area contributed by atoms with Crippen LogP contribution in [-0.2, 0) is 16.1 Å². The van der Waals surface area contributed by atoms with Crippen molar-refractivity contribution in [3.8, 4) is 0 Å². The van der Waals surface area contributed by atoms with Crippen LogP contribution in [0.5, 0.6) is 0 Å². The smallest absolute Gasteiger partial charge is 0.280 e. The second-order valence-electron chi connectivity index (χ2n) is 6.98. The molecule has 2 aromatic rings. The van der Waals surface area contributed by atoms with Gasteiger partial charge in [-0.1, -0.05) is 29.8 Å². The quantitative estimate of drug-likeness (QED) is 0.776. The molecule has 0 spiro atoms. The van der Waals surface area contributed by atoms with Crippen LogP contribution in [0.25, 0.3) is 0 Å². The number of hydrogen-bond donors (Lipinski definition) is 2. The summed E-state index contributed by atoms with van der Waals surface area (Å²) in [6.07, 6.45) is 0. The summed E-state index contributed by atoms with van der Waals surface area (Å²) in [5.41, 5.74) is 2.64. The number of nitrogens with zero attached hydrogens (tertiary/aromatic N) is 1. The maximum absolute atomic E-state index is 13.3. The van der Waals surface area contributed by atoms with Crippen LogP contribution in [0.2, 0.25) is 0 Å². The van der Waals surface area contributed by atoms with Crippen molar-refractivity contribution in [2.24, 2.45) is 0 Å². The Morgan fingerprint density at radius 2 is 1.85 bits per heavy atom. The van der Waals surface area contributed by atoms with Gasteiger partial charge in [-0.25, -0.2) is 4.39 Å². The van der Waals surface area contributed by atoms with Crippen molar-refractivity contribution in [2.75, 3.05) is 26.0 Å². The first-order valence-electron chi connectivity index (χ1n) is 8.94. The lowest BCUT2D eigenvalue weighted by molar-refractivity contribution is -0.908. The van der Waals surface area contributed by atoms with Crippen LogP contribution >= 0.6 is 0 Å². The van der Waals surface area contributed by atoms with Crippen LogP contribution in [0.3, 0.4) is 0 Å². The van der Waals surface area contributed by atoms with E-state index >= 15 is 0 Å². The van der Waals surface area contributed by atoms with E-state index in [9.17, 15) is 14.0 Å². The number of nitrogens with one attached hydrogen (secondary N) is 2. The summed E-state index contributed by atoms with van der Waals surface area (Å²) < 4.78 is 13.3. The molecule has 0 aliphatic rings. The van der Waals surface area contributed by atoms with Gasteiger partial charge in [0.1, 0.15) is 12.4 Å². The second kappa shape index (κ2) is 9.28. The lowest BCUT2D eigenvalue weighted by Gasteiger charge is -2.25. The molecule has 1 unspecified atom stereocenters. The first-order chi connectivity index (χ1) is 12.8. The minimum atomic E-state index is -0.356. The van der Waals surface area contributed by atoms with Crippen LogP contribution in [0.4, 0.5) is 10.1 Å². The minimum Gasteiger partial charge on any atom is -0.331 e. The molecular formula is C21H27FN3O2+. The molecule has 0 aliphatic heterocycles. The van der Waals surface area contributed by atoms with Crippen molar-refractivity contribution in [2.45, 2.75) is 26.4 Å². The monoisotopic (exact) mass is 372 g/mol. The second-order valence-corrected chi connectivity index (χ2v) is 6.98. The fourth-order valence-electron chi connectivity index (χ4n) is 2.79. The Morgan fingerprint density at radius 3 is 2.48 bits per heavy atom. The lowest BCUT2D eigenvalue weighted by Crippen LogP contribution is -3.12. The number of carbonyl (C=O) groups is 2. The van der Waals surface area contributed by atoms with Crippen LogP contribution in [-0.4, -0.2) is 43.4 Å². The maximum Gasteiger partial charge on any atom is 0.280 e. The lowest BCUT2D eigenvalue weighted by atomic mass is 10.1. The molecule has 0 radical (unpaired) electrons. The molecule has 0 bridgehead atoms. The Hall–Kier alpha value is -2.73. The Bertz CT molecular complexity index is 792. The Balaban J connectivity index is 1.88. The van der Waals surface area contributed by atoms with E-state index in [1.165, 1.54) is 17.0 Å². The Labute approximate surface area is 159 Å². The number of halogens is 1. The third kappa shape index (κ3) is 6.18. The largest absolute Gasteiger partial charge is 0.331 e. The van der Waals surface area contributed by atoms with Crippen molar-refractivity contribution >= 4 is 17.5 Å². The van der Waals surface area contributed by atoms with Crippen LogP contribution < -0.4 is 10.2 Å². The zero-order valence-corrected chi connectivity index (χ0v) is 16.3. The summed E-state index contributed by atoms with van der Waals surface area (Å²) in [6, 6.07) is 13.5. The number of aryl methyl sites for hydroxylation is 1. The van der Waals surface area contributed by atoms with E-state index in [-0.39, 0.29) is 30.2 Å². The van der Waals surface area contributed by atoms with E-state index in [1.54, 1.807) is 13.1 Å². The van der Waals surface area contributed by atoms with Crippen LogP contribution in [0.1, 0.15) is 18.1 Å². The summed E-state index contributed by atoms with van der Waals surface area (Å²) in [7, 11) is 3.50. The highest BCUT2D eigenvalue weighted by Crippen LogP contribution is 2.08. The Morgan fingerprint density at radius 1 is 1.19 bits per heavy atom. The number of likely N-dealkylation sites (N-methyl/N-ethyl adjacent to an activating group) is 2. The van der Waals surface area contributed by atoms with Gasteiger partial charge < -0.3 is 15.1 Å². The number of amides is 2. The third-order valence-electron chi connectivity index (χ3n) is 4.57. The van der Waals surface area contributed by atoms with Crippen molar-refractivity contribution in [1.82, 2.24) is 4.90 Å². The zero-order valence-electron chi connectivity index (χ0n) is 16.3. The molecule has 2 atom stereocenters. The average molecular weight is 372 g/mol. The standard InChI is InChI=1S/C21H26FN3O2/c1-15-8-10-19(11-9-15)23-20(26)14-25(4)21(27)16(2)24(3)13-17-6-5-7-18(22)12-17/h5-12,16H,13-14H2,1-4H3,(H,23,26)/p+1/t16-/m0/s1. The normalized spacial score (nSPS) is 12.9. The molecule has 0 saturated carbocycles. The predicted molar refractivity (Wildman–Crippen MR) is 104 cm³/mol. The van der Waals surface area contributed by atoms with Gasteiger partial charge in [-0.3, -0.25) is 9.59 Å². The van der Waals surface area contributed by atoms with Gasteiger partial charge in [0.2, 0.25) is 5.91 Å². The van der Waals surface area contributed by atoms with Gasteiger partial charge in [-0.05, 0) is 38.1 Å². The Kier molecular flexibility index (Phi) is 7.07. The van der Waals surface area contributed by atoms with Crippen LogP contribution in [0.15, 0.2) is 48.5 Å². The SMILES string of the molecule is Cc1ccc(NC(=O)CN(C)C(=O)[C@H](C)[NH+](C)Cc2cccc(F)c2)cc1. The summed E-state index contributed by atoms with van der Waals surface area (Å²) in [5, 5.41) is 2.79. The molecule has 27 heavy (non-hydrogen) atoms. The number of hydrogen-bond acceptors (Lipinski definition) is 2. The van der Waals surface area contributed by atoms with E-state index in [4.69, 9.17) is 0 Å². The molecule has 2 N–H and O–H groups in total. The highest BCUT2D eigenvalue weighted by molar-refractivity contribution is 5.94. The van der Waals surface area contributed by atoms with E-state index in [0.717, 1.165) is 16.0 Å². The fraction of sp³-hybridized carbons (Fsp3) is 0.333. The third-order valence-corrected chi connectivity index (χ3v) is 4.57. The molecule has 0 aliphatic carbocycles. The molecule has 2 aromatic carbocycles. The van der Waals surface area contributed by atoms with Gasteiger partial charge in [0.05, 0.1) is 13.6 Å². The molecule has 2 amide bonds. The zero-order chi connectivity index (χ0) is 20.0. The first kappa shape index (κ1) is 20.6. The fourth-order valence-corrected chi connectivity index (χ4v) is 2.79. The molecule has 2 rings (SSSR count). The number of rotatable bonds is 7. The minimum absolute atomic E-state index is 0.0235. The molecule has 6 heteroatoms. The van der Waals surface area contributed by atoms with Gasteiger partial charge >= 0.3 is 0 Å². The summed E-state index contributed by atoms with van der Waals surface area (Å²) in [6.45, 7) is 4.28. The summed E-state index contributed by atoms with van der Waals surface area (Å²) >= 11 is 0. The van der Waals surface area contributed by atoms with E-state index < -0.39 is 0 Å². The molecule has 0 saturated heterocycles. The highest BCUT2D eigenvalue weighted by Gasteiger charge is 2.26. The van der Waals surface area contributed by atoms with Gasteiger partial charge in [0.25, 0.3) is 5.91 Å². The maximum atomic E-state index is 13.3. The van der Waals surface area contributed by atoms with Gasteiger partial charge in [-0.2, -0.15) is 0 Å². The molecular weight excluding hydrogens is 345 g/mol. The predicted octanol–water partition coefficient (Wildman–Crippen LogP) is 1.63. The van der Waals surface area contributed by atoms with Crippen molar-refractivity contribution in [3.63, 3.8) is 0 Å². The average Bonchev–Trinajstić information content (AvgIpc) is 2.62. The van der Waals surface area contributed by atoms with Crippen molar-refractivity contribution < 1.29 is 18.9 Å². The van der Waals surface area contributed by atoms with E-state index in [2.05, 4.69) is 5.32 Å². The van der Waals surface area contributed by atoms with Crippen LogP contribution in [0, 0.1) is 12.7 Å². The van der Waals surface area contributed by atoms with E-state index in [0.29, 0.717) is 12.2 Å². The molecule has 0 aromatic heterocycles. The number of anilines is 1. The summed E-state index contributed by atoms with van der Waals surface area (Å²) in [5.74, 6) is -0.670. The molecule has 144 valence electrons.